The minimum absolute atomic E-state index is 0.0103. The van der Waals surface area contributed by atoms with E-state index in [0.29, 0.717) is 22.6 Å². The molecule has 1 N–H and O–H groups in total. The molecule has 2 amide bonds. The maximum absolute atomic E-state index is 12.8. The van der Waals surface area contributed by atoms with E-state index in [9.17, 15) is 14.4 Å². The summed E-state index contributed by atoms with van der Waals surface area (Å²) in [6, 6.07) is 7.20. The number of fused-ring (bicyclic) bond motifs is 1. The number of nitrogens with zero attached hydrogens (tertiary/aromatic N) is 3. The van der Waals surface area contributed by atoms with Crippen molar-refractivity contribution in [3.8, 4) is 0 Å². The number of amides is 2. The van der Waals surface area contributed by atoms with Crippen LogP contribution >= 0.6 is 11.8 Å². The van der Waals surface area contributed by atoms with Crippen LogP contribution in [0, 0.1) is 0 Å². The van der Waals surface area contributed by atoms with Crippen molar-refractivity contribution in [2.75, 3.05) is 19.3 Å². The Morgan fingerprint density at radius 1 is 1.25 bits per heavy atom. The lowest BCUT2D eigenvalue weighted by Gasteiger charge is -2.23. The number of aromatic nitrogens is 2. The zero-order chi connectivity index (χ0) is 20.9. The highest BCUT2D eigenvalue weighted by Crippen LogP contribution is 2.18. The van der Waals surface area contributed by atoms with Crippen molar-refractivity contribution in [3.05, 3.63) is 34.6 Å². The van der Waals surface area contributed by atoms with Gasteiger partial charge in [-0.1, -0.05) is 30.8 Å². The fraction of sp³-hybridized carbons (Fsp3) is 0.500. The van der Waals surface area contributed by atoms with Crippen LogP contribution in [-0.2, 0) is 16.1 Å². The summed E-state index contributed by atoms with van der Waals surface area (Å²) in [7, 11) is 1.60. The molecule has 0 fully saturated rings. The van der Waals surface area contributed by atoms with Gasteiger partial charge < -0.3 is 10.2 Å². The van der Waals surface area contributed by atoms with Crippen molar-refractivity contribution < 1.29 is 9.59 Å². The summed E-state index contributed by atoms with van der Waals surface area (Å²) in [6.45, 7) is 8.19. The van der Waals surface area contributed by atoms with Crippen molar-refractivity contribution in [1.82, 2.24) is 19.8 Å². The van der Waals surface area contributed by atoms with E-state index in [2.05, 4.69) is 10.3 Å². The molecule has 1 heterocycles. The Labute approximate surface area is 169 Å². The average molecular weight is 405 g/mol. The number of carbonyl (C=O) groups excluding carboxylic acids is 2. The van der Waals surface area contributed by atoms with E-state index in [1.165, 1.54) is 16.7 Å². The van der Waals surface area contributed by atoms with Gasteiger partial charge >= 0.3 is 0 Å². The molecule has 0 saturated heterocycles. The molecule has 0 aliphatic rings. The van der Waals surface area contributed by atoms with Crippen LogP contribution in [0.25, 0.3) is 10.9 Å². The van der Waals surface area contributed by atoms with Crippen LogP contribution in [0.1, 0.15) is 34.1 Å². The first-order chi connectivity index (χ1) is 13.1. The summed E-state index contributed by atoms with van der Waals surface area (Å²) in [5.41, 5.74) is 0.175. The number of thioether (sulfide) groups is 1. The van der Waals surface area contributed by atoms with E-state index in [4.69, 9.17) is 0 Å². The maximum atomic E-state index is 12.8. The van der Waals surface area contributed by atoms with Gasteiger partial charge in [-0.25, -0.2) is 4.98 Å². The molecule has 8 heteroatoms. The Morgan fingerprint density at radius 3 is 2.57 bits per heavy atom. The third kappa shape index (κ3) is 5.82. The van der Waals surface area contributed by atoms with Crippen molar-refractivity contribution in [2.45, 2.75) is 51.4 Å². The number of likely N-dealkylation sites (N-methyl/N-ethyl adjacent to an activating group) is 1. The molecular formula is C20H28N4O3S. The minimum atomic E-state index is -0.346. The Bertz CT molecular complexity index is 918. The molecule has 0 bridgehead atoms. The minimum Gasteiger partial charge on any atom is -0.350 e. The molecule has 1 aromatic carbocycles. The Hall–Kier alpha value is -2.35. The summed E-state index contributed by atoms with van der Waals surface area (Å²) < 4.78 is 1.62. The summed E-state index contributed by atoms with van der Waals surface area (Å²) in [6.07, 6.45) is 0.786. The molecular weight excluding hydrogens is 376 g/mol. The van der Waals surface area contributed by atoms with Gasteiger partial charge in [0.25, 0.3) is 5.56 Å². The third-order valence-corrected chi connectivity index (χ3v) is 4.88. The predicted molar refractivity (Wildman–Crippen MR) is 113 cm³/mol. The second kappa shape index (κ2) is 9.23. The van der Waals surface area contributed by atoms with Gasteiger partial charge in [-0.15, -0.1) is 0 Å². The van der Waals surface area contributed by atoms with Gasteiger partial charge in [0.1, 0.15) is 0 Å². The lowest BCUT2D eigenvalue weighted by Crippen LogP contribution is -2.46. The molecule has 152 valence electrons. The molecule has 0 saturated carbocycles. The molecule has 0 atom stereocenters. The summed E-state index contributed by atoms with van der Waals surface area (Å²) in [5.74, 6) is -0.298. The summed E-state index contributed by atoms with van der Waals surface area (Å²) >= 11 is 1.22. The zero-order valence-corrected chi connectivity index (χ0v) is 17.9. The van der Waals surface area contributed by atoms with Crippen LogP contribution in [-0.4, -0.2) is 51.1 Å². The maximum Gasteiger partial charge on any atom is 0.262 e. The quantitative estimate of drug-likeness (QED) is 0.565. The molecule has 28 heavy (non-hydrogen) atoms. The van der Waals surface area contributed by atoms with E-state index in [1.54, 1.807) is 23.7 Å². The molecule has 0 unspecified atom stereocenters. The number of hydrogen-bond acceptors (Lipinski definition) is 5. The standard InChI is InChI=1S/C20H28N4O3S/c1-6-11-24-18(27)14-9-7-8-10-15(14)21-19(24)28-13-17(26)23(5)12-16(25)22-20(2,3)4/h7-10H,6,11-13H2,1-5H3,(H,22,25). The van der Waals surface area contributed by atoms with E-state index >= 15 is 0 Å². The summed E-state index contributed by atoms with van der Waals surface area (Å²) in [4.78, 5) is 43.2. The third-order valence-electron chi connectivity index (χ3n) is 3.92. The van der Waals surface area contributed by atoms with Crippen LogP contribution in [0.4, 0.5) is 0 Å². The first kappa shape index (κ1) is 21.9. The van der Waals surface area contributed by atoms with Crippen LogP contribution in [0.15, 0.2) is 34.2 Å². The van der Waals surface area contributed by atoms with Gasteiger partial charge in [0, 0.05) is 19.1 Å². The fourth-order valence-electron chi connectivity index (χ4n) is 2.68. The molecule has 0 aliphatic heterocycles. The first-order valence-corrected chi connectivity index (χ1v) is 10.3. The topological polar surface area (TPSA) is 84.3 Å². The monoisotopic (exact) mass is 404 g/mol. The number of carbonyl (C=O) groups is 2. The van der Waals surface area contributed by atoms with Crippen molar-refractivity contribution in [3.63, 3.8) is 0 Å². The Balaban J connectivity index is 2.11. The SMILES string of the molecule is CCCn1c(SCC(=O)N(C)CC(=O)NC(C)(C)C)nc2ccccc2c1=O. The second-order valence-electron chi connectivity index (χ2n) is 7.70. The number of benzene rings is 1. The van der Waals surface area contributed by atoms with E-state index in [-0.39, 0.29) is 35.2 Å². The summed E-state index contributed by atoms with van der Waals surface area (Å²) in [5, 5.41) is 3.93. The lowest BCUT2D eigenvalue weighted by atomic mass is 10.1. The molecule has 2 aromatic rings. The lowest BCUT2D eigenvalue weighted by molar-refractivity contribution is -0.133. The van der Waals surface area contributed by atoms with Crippen LogP contribution < -0.4 is 10.9 Å². The highest BCUT2D eigenvalue weighted by molar-refractivity contribution is 7.99. The number of nitrogens with one attached hydrogen (secondary N) is 1. The average Bonchev–Trinajstić information content (AvgIpc) is 2.60. The molecule has 0 spiro atoms. The second-order valence-corrected chi connectivity index (χ2v) is 8.65. The van der Waals surface area contributed by atoms with Gasteiger partial charge in [0.15, 0.2) is 5.16 Å². The van der Waals surface area contributed by atoms with Crippen molar-refractivity contribution >= 4 is 34.5 Å². The Kier molecular flexibility index (Phi) is 7.23. The van der Waals surface area contributed by atoms with Crippen molar-refractivity contribution in [2.24, 2.45) is 0 Å². The number of rotatable bonds is 7. The van der Waals surface area contributed by atoms with E-state index in [1.807, 2.05) is 39.8 Å². The first-order valence-electron chi connectivity index (χ1n) is 9.29. The smallest absolute Gasteiger partial charge is 0.262 e. The largest absolute Gasteiger partial charge is 0.350 e. The van der Waals surface area contributed by atoms with Crippen molar-refractivity contribution in [1.29, 1.82) is 0 Å². The van der Waals surface area contributed by atoms with Gasteiger partial charge in [0.2, 0.25) is 11.8 Å². The normalized spacial score (nSPS) is 11.5. The van der Waals surface area contributed by atoms with E-state index in [0.717, 1.165) is 6.42 Å². The number of para-hydroxylation sites is 1. The molecule has 1 aromatic heterocycles. The highest BCUT2D eigenvalue weighted by atomic mass is 32.2. The molecule has 2 rings (SSSR count). The molecule has 0 radical (unpaired) electrons. The zero-order valence-electron chi connectivity index (χ0n) is 17.1. The molecule has 7 nitrogen and oxygen atoms in total. The fourth-order valence-corrected chi connectivity index (χ4v) is 3.64. The van der Waals surface area contributed by atoms with Gasteiger partial charge in [0.05, 0.1) is 23.2 Å². The van der Waals surface area contributed by atoms with Crippen LogP contribution in [0.5, 0.6) is 0 Å². The van der Waals surface area contributed by atoms with Crippen LogP contribution in [0.3, 0.4) is 0 Å². The Morgan fingerprint density at radius 2 is 1.93 bits per heavy atom. The van der Waals surface area contributed by atoms with Gasteiger partial charge in [-0.05, 0) is 39.3 Å². The van der Waals surface area contributed by atoms with Gasteiger partial charge in [-0.3, -0.25) is 19.0 Å². The molecule has 0 aliphatic carbocycles. The predicted octanol–water partition coefficient (Wildman–Crippen LogP) is 2.27. The van der Waals surface area contributed by atoms with E-state index < -0.39 is 0 Å². The van der Waals surface area contributed by atoms with Gasteiger partial charge in [-0.2, -0.15) is 0 Å². The highest BCUT2D eigenvalue weighted by Gasteiger charge is 2.19. The van der Waals surface area contributed by atoms with Crippen LogP contribution in [0.2, 0.25) is 0 Å². The number of hydrogen-bond donors (Lipinski definition) is 1.